The van der Waals surface area contributed by atoms with Crippen molar-refractivity contribution in [3.05, 3.63) is 16.6 Å². The molecular formula is C8H11NO2S. The number of carboxylic acid groups (broad SMARTS) is 1. The molecule has 1 unspecified atom stereocenters. The van der Waals surface area contributed by atoms with E-state index < -0.39 is 5.97 Å². The van der Waals surface area contributed by atoms with Crippen LogP contribution in [0.2, 0.25) is 0 Å². The van der Waals surface area contributed by atoms with Gasteiger partial charge in [0.2, 0.25) is 0 Å². The number of rotatable bonds is 4. The first kappa shape index (κ1) is 9.19. The van der Waals surface area contributed by atoms with Gasteiger partial charge in [-0.3, -0.25) is 4.79 Å². The minimum absolute atomic E-state index is 0.270. The molecule has 0 aliphatic rings. The molecule has 66 valence electrons. The minimum Gasteiger partial charge on any atom is -0.481 e. The maximum absolute atomic E-state index is 10.4. The smallest absolute Gasteiger partial charge is 0.306 e. The van der Waals surface area contributed by atoms with Crippen LogP contribution < -0.4 is 0 Å². The van der Waals surface area contributed by atoms with Crippen LogP contribution in [0.5, 0.6) is 0 Å². The minimum atomic E-state index is -0.730. The van der Waals surface area contributed by atoms with Gasteiger partial charge in [-0.05, 0) is 6.42 Å². The van der Waals surface area contributed by atoms with Crippen LogP contribution in [0.3, 0.4) is 0 Å². The fourth-order valence-corrected chi connectivity index (χ4v) is 1.48. The number of nitrogens with zero attached hydrogens (tertiary/aromatic N) is 1. The van der Waals surface area contributed by atoms with Crippen LogP contribution in [0.4, 0.5) is 0 Å². The summed E-state index contributed by atoms with van der Waals surface area (Å²) in [6.45, 7) is 1.72. The first-order valence-corrected chi connectivity index (χ1v) is 4.69. The van der Waals surface area contributed by atoms with Crippen LogP contribution >= 0.6 is 11.3 Å². The van der Waals surface area contributed by atoms with E-state index >= 15 is 0 Å². The second-order valence-electron chi connectivity index (χ2n) is 2.70. The van der Waals surface area contributed by atoms with Crippen molar-refractivity contribution < 1.29 is 9.90 Å². The summed E-state index contributed by atoms with van der Waals surface area (Å²) in [5.41, 5.74) is 0. The summed E-state index contributed by atoms with van der Waals surface area (Å²) in [6, 6.07) is 0. The first-order valence-electron chi connectivity index (χ1n) is 3.81. The number of thiazole rings is 1. The van der Waals surface area contributed by atoms with Crippen LogP contribution in [-0.2, 0) is 11.2 Å². The van der Waals surface area contributed by atoms with Gasteiger partial charge in [-0.15, -0.1) is 11.3 Å². The Morgan fingerprint density at radius 3 is 3.08 bits per heavy atom. The number of aromatic nitrogens is 1. The molecule has 0 saturated heterocycles. The number of hydrogen-bond acceptors (Lipinski definition) is 3. The lowest BCUT2D eigenvalue weighted by molar-refractivity contribution is -0.141. The van der Waals surface area contributed by atoms with Gasteiger partial charge in [0, 0.05) is 18.0 Å². The van der Waals surface area contributed by atoms with Crippen LogP contribution in [0, 0.1) is 5.92 Å². The second kappa shape index (κ2) is 4.21. The molecule has 3 nitrogen and oxygen atoms in total. The number of carboxylic acids is 1. The Balaban J connectivity index is 2.31. The SMILES string of the molecule is CC(CCc1nccs1)C(=O)O. The van der Waals surface area contributed by atoms with E-state index in [9.17, 15) is 4.79 Å². The Bertz CT molecular complexity index is 246. The lowest BCUT2D eigenvalue weighted by Crippen LogP contribution is -2.10. The van der Waals surface area contributed by atoms with Crippen molar-refractivity contribution in [2.24, 2.45) is 5.92 Å². The number of hydrogen-bond donors (Lipinski definition) is 1. The topological polar surface area (TPSA) is 50.2 Å². The summed E-state index contributed by atoms with van der Waals surface area (Å²) in [6.07, 6.45) is 3.18. The molecule has 0 radical (unpaired) electrons. The van der Waals surface area contributed by atoms with Gasteiger partial charge in [-0.25, -0.2) is 4.98 Å². The standard InChI is InChI=1S/C8H11NO2S/c1-6(8(10)11)2-3-7-9-4-5-12-7/h4-6H,2-3H2,1H3,(H,10,11). The molecule has 1 aromatic rings. The monoisotopic (exact) mass is 185 g/mol. The average molecular weight is 185 g/mol. The molecule has 0 aromatic carbocycles. The lowest BCUT2D eigenvalue weighted by atomic mass is 10.1. The molecule has 0 amide bonds. The van der Waals surface area contributed by atoms with Crippen LogP contribution in [0.15, 0.2) is 11.6 Å². The highest BCUT2D eigenvalue weighted by atomic mass is 32.1. The molecule has 12 heavy (non-hydrogen) atoms. The van der Waals surface area contributed by atoms with E-state index in [0.29, 0.717) is 6.42 Å². The molecule has 0 aliphatic carbocycles. The normalized spacial score (nSPS) is 12.8. The summed E-state index contributed by atoms with van der Waals surface area (Å²) in [7, 11) is 0. The zero-order valence-electron chi connectivity index (χ0n) is 6.86. The van der Waals surface area contributed by atoms with Crippen molar-refractivity contribution in [2.45, 2.75) is 19.8 Å². The molecule has 0 bridgehead atoms. The van der Waals surface area contributed by atoms with Crippen LogP contribution in [-0.4, -0.2) is 16.1 Å². The van der Waals surface area contributed by atoms with E-state index in [0.717, 1.165) is 11.4 Å². The predicted molar refractivity (Wildman–Crippen MR) is 47.2 cm³/mol. The molecule has 0 spiro atoms. The Kier molecular flexibility index (Phi) is 3.22. The van der Waals surface area contributed by atoms with E-state index in [1.54, 1.807) is 24.5 Å². The highest BCUT2D eigenvalue weighted by Gasteiger charge is 2.10. The van der Waals surface area contributed by atoms with Crippen molar-refractivity contribution in [1.29, 1.82) is 0 Å². The lowest BCUT2D eigenvalue weighted by Gasteiger charge is -2.02. The quantitative estimate of drug-likeness (QED) is 0.778. The molecule has 1 rings (SSSR count). The number of aliphatic carboxylic acids is 1. The van der Waals surface area contributed by atoms with Gasteiger partial charge in [-0.1, -0.05) is 6.92 Å². The molecule has 1 N–H and O–H groups in total. The largest absolute Gasteiger partial charge is 0.481 e. The van der Waals surface area contributed by atoms with Crippen molar-refractivity contribution in [2.75, 3.05) is 0 Å². The fraction of sp³-hybridized carbons (Fsp3) is 0.500. The molecule has 1 aromatic heterocycles. The third-order valence-corrected chi connectivity index (χ3v) is 2.54. The van der Waals surface area contributed by atoms with Gasteiger partial charge in [0.05, 0.1) is 10.9 Å². The van der Waals surface area contributed by atoms with Gasteiger partial charge in [0.1, 0.15) is 0 Å². The highest BCUT2D eigenvalue weighted by molar-refractivity contribution is 7.09. The maximum atomic E-state index is 10.4. The van der Waals surface area contributed by atoms with Gasteiger partial charge in [0.25, 0.3) is 0 Å². The maximum Gasteiger partial charge on any atom is 0.306 e. The van der Waals surface area contributed by atoms with Crippen molar-refractivity contribution >= 4 is 17.3 Å². The summed E-state index contributed by atoms with van der Waals surface area (Å²) < 4.78 is 0. The molecule has 0 aliphatic heterocycles. The summed E-state index contributed by atoms with van der Waals surface area (Å²) in [5, 5.41) is 11.5. The van der Waals surface area contributed by atoms with Gasteiger partial charge in [0.15, 0.2) is 0 Å². The molecule has 0 fully saturated rings. The van der Waals surface area contributed by atoms with Gasteiger partial charge < -0.3 is 5.11 Å². The van der Waals surface area contributed by atoms with Crippen molar-refractivity contribution in [1.82, 2.24) is 4.98 Å². The number of aryl methyl sites for hydroxylation is 1. The Labute approximate surface area is 75.1 Å². The molecule has 4 heteroatoms. The molecule has 1 heterocycles. The summed E-state index contributed by atoms with van der Waals surface area (Å²) >= 11 is 1.57. The fourth-order valence-electron chi connectivity index (χ4n) is 0.840. The van der Waals surface area contributed by atoms with Gasteiger partial charge in [-0.2, -0.15) is 0 Å². The van der Waals surface area contributed by atoms with Gasteiger partial charge >= 0.3 is 5.97 Å². The van der Waals surface area contributed by atoms with Crippen LogP contribution in [0.25, 0.3) is 0 Å². The van der Waals surface area contributed by atoms with Crippen LogP contribution in [0.1, 0.15) is 18.4 Å². The Morgan fingerprint density at radius 1 is 1.83 bits per heavy atom. The molecule has 1 atom stereocenters. The summed E-state index contributed by atoms with van der Waals surface area (Å²) in [4.78, 5) is 14.5. The van der Waals surface area contributed by atoms with Crippen molar-refractivity contribution in [3.63, 3.8) is 0 Å². The number of carbonyl (C=O) groups is 1. The predicted octanol–water partition coefficient (Wildman–Crippen LogP) is 1.80. The van der Waals surface area contributed by atoms with Crippen molar-refractivity contribution in [3.8, 4) is 0 Å². The average Bonchev–Trinajstić information content (AvgIpc) is 2.51. The van der Waals surface area contributed by atoms with E-state index in [2.05, 4.69) is 4.98 Å². The molecular weight excluding hydrogens is 174 g/mol. The van der Waals surface area contributed by atoms with E-state index in [4.69, 9.17) is 5.11 Å². The zero-order chi connectivity index (χ0) is 8.97. The zero-order valence-corrected chi connectivity index (χ0v) is 7.67. The Hall–Kier alpha value is -0.900. The highest BCUT2D eigenvalue weighted by Crippen LogP contribution is 2.11. The third-order valence-electron chi connectivity index (χ3n) is 1.70. The Morgan fingerprint density at radius 2 is 2.58 bits per heavy atom. The summed E-state index contributed by atoms with van der Waals surface area (Å²) in [5.74, 6) is -1.000. The van der Waals surface area contributed by atoms with E-state index in [1.807, 2.05) is 5.38 Å². The van der Waals surface area contributed by atoms with E-state index in [-0.39, 0.29) is 5.92 Å². The van der Waals surface area contributed by atoms with E-state index in [1.165, 1.54) is 0 Å². The third kappa shape index (κ3) is 2.62. The molecule has 0 saturated carbocycles. The first-order chi connectivity index (χ1) is 5.70. The second-order valence-corrected chi connectivity index (χ2v) is 3.68.